The van der Waals surface area contributed by atoms with Crippen LogP contribution in [0.15, 0.2) is 18.2 Å². The van der Waals surface area contributed by atoms with Gasteiger partial charge in [-0.3, -0.25) is 0 Å². The molecule has 5 heteroatoms. The molecule has 3 rings (SSSR count). The molecule has 1 aromatic rings. The summed E-state index contributed by atoms with van der Waals surface area (Å²) in [6.07, 6.45) is 3.76. The lowest BCUT2D eigenvalue weighted by molar-refractivity contribution is 0.0953. The smallest absolute Gasteiger partial charge is 0.165 e. The van der Waals surface area contributed by atoms with Gasteiger partial charge in [0.2, 0.25) is 0 Å². The van der Waals surface area contributed by atoms with E-state index in [1.807, 2.05) is 0 Å². The normalized spacial score (nSPS) is 26.4. The predicted octanol–water partition coefficient (Wildman–Crippen LogP) is 2.46. The molecule has 0 radical (unpaired) electrons. The number of nitrogens with zero attached hydrogens (tertiary/aromatic N) is 1. The van der Waals surface area contributed by atoms with Gasteiger partial charge >= 0.3 is 0 Å². The number of halogens is 1. The highest BCUT2D eigenvalue weighted by Gasteiger charge is 2.38. The molecule has 0 bridgehead atoms. The Morgan fingerprint density at radius 2 is 2.22 bits per heavy atom. The Morgan fingerprint density at radius 1 is 1.43 bits per heavy atom. The van der Waals surface area contributed by atoms with Crippen LogP contribution in [0.5, 0.6) is 5.75 Å². The largest absolute Gasteiger partial charge is 0.487 e. The minimum absolute atomic E-state index is 0.147. The topological polar surface area (TPSA) is 58.7 Å². The van der Waals surface area contributed by atoms with Crippen molar-refractivity contribution in [2.45, 2.75) is 50.9 Å². The predicted molar refractivity (Wildman–Crippen MR) is 87.8 cm³/mol. The third-order valence-corrected chi connectivity index (χ3v) is 4.92. The Balaban J connectivity index is 1.57. The minimum Gasteiger partial charge on any atom is -0.487 e. The van der Waals surface area contributed by atoms with Gasteiger partial charge in [-0.05, 0) is 56.0 Å². The molecule has 0 amide bonds. The van der Waals surface area contributed by atoms with Gasteiger partial charge in [0.15, 0.2) is 11.6 Å². The summed E-state index contributed by atoms with van der Waals surface area (Å²) in [6.45, 7) is 4.85. The van der Waals surface area contributed by atoms with E-state index in [0.29, 0.717) is 18.0 Å². The number of hydrogen-bond acceptors (Lipinski definition) is 4. The highest BCUT2D eigenvalue weighted by Crippen LogP contribution is 2.39. The minimum atomic E-state index is -0.854. The number of likely N-dealkylation sites (tertiary alicyclic amines) is 1. The van der Waals surface area contributed by atoms with Crippen LogP contribution in [0.1, 0.15) is 44.3 Å². The third kappa shape index (κ3) is 4.03. The summed E-state index contributed by atoms with van der Waals surface area (Å²) in [6, 6.07) is 4.29. The van der Waals surface area contributed by atoms with Crippen LogP contribution >= 0.6 is 0 Å². The van der Waals surface area contributed by atoms with Crippen LogP contribution in [0.3, 0.4) is 0 Å². The molecule has 1 aliphatic heterocycles. The molecule has 1 saturated carbocycles. The first-order valence-electron chi connectivity index (χ1n) is 8.70. The highest BCUT2D eigenvalue weighted by molar-refractivity contribution is 5.31. The lowest BCUT2D eigenvalue weighted by Gasteiger charge is -2.34. The molecule has 0 spiro atoms. The third-order valence-electron chi connectivity index (χ3n) is 4.92. The second-order valence-corrected chi connectivity index (χ2v) is 6.89. The van der Waals surface area contributed by atoms with Crippen molar-refractivity contribution >= 4 is 0 Å². The van der Waals surface area contributed by atoms with E-state index in [2.05, 4.69) is 11.8 Å². The molecule has 0 aromatic heterocycles. The van der Waals surface area contributed by atoms with E-state index in [9.17, 15) is 9.50 Å². The highest BCUT2D eigenvalue weighted by atomic mass is 19.1. The Kier molecular flexibility index (Phi) is 5.19. The fraction of sp³-hybridized carbons (Fsp3) is 0.667. The van der Waals surface area contributed by atoms with Crippen molar-refractivity contribution < 1.29 is 14.2 Å². The van der Waals surface area contributed by atoms with Crippen LogP contribution in [-0.4, -0.2) is 41.8 Å². The fourth-order valence-electron chi connectivity index (χ4n) is 3.21. The first kappa shape index (κ1) is 16.7. The molecule has 1 aromatic carbocycles. The second kappa shape index (κ2) is 7.16. The monoisotopic (exact) mass is 322 g/mol. The molecule has 1 saturated heterocycles. The van der Waals surface area contributed by atoms with Gasteiger partial charge in [-0.2, -0.15) is 0 Å². The molecule has 4 atom stereocenters. The van der Waals surface area contributed by atoms with E-state index < -0.39 is 18.0 Å². The SMILES string of the molecule is CCCC1CC1Oc1ccc([C@@H](O)[C@H](N)CN2CCC2)cc1F. The molecular weight excluding hydrogens is 295 g/mol. The average Bonchev–Trinajstić information content (AvgIpc) is 3.22. The van der Waals surface area contributed by atoms with Crippen molar-refractivity contribution in [3.8, 4) is 5.75 Å². The van der Waals surface area contributed by atoms with Gasteiger partial charge in [-0.25, -0.2) is 4.39 Å². The zero-order valence-corrected chi connectivity index (χ0v) is 13.7. The summed E-state index contributed by atoms with van der Waals surface area (Å²) < 4.78 is 19.9. The summed E-state index contributed by atoms with van der Waals surface area (Å²) in [5, 5.41) is 10.3. The number of aliphatic hydroxyl groups is 1. The Labute approximate surface area is 137 Å². The Morgan fingerprint density at radius 3 is 2.83 bits per heavy atom. The van der Waals surface area contributed by atoms with E-state index in [4.69, 9.17) is 10.5 Å². The maximum absolute atomic E-state index is 14.2. The first-order chi connectivity index (χ1) is 11.1. The van der Waals surface area contributed by atoms with Gasteiger partial charge < -0.3 is 20.5 Å². The fourth-order valence-corrected chi connectivity index (χ4v) is 3.21. The van der Waals surface area contributed by atoms with Crippen LogP contribution in [-0.2, 0) is 0 Å². The van der Waals surface area contributed by atoms with Crippen LogP contribution in [0.4, 0.5) is 4.39 Å². The molecular formula is C18H27FN2O2. The van der Waals surface area contributed by atoms with Crippen molar-refractivity contribution in [2.24, 2.45) is 11.7 Å². The summed E-state index contributed by atoms with van der Waals surface area (Å²) in [7, 11) is 0. The van der Waals surface area contributed by atoms with E-state index in [1.165, 1.54) is 12.5 Å². The van der Waals surface area contributed by atoms with Crippen LogP contribution < -0.4 is 10.5 Å². The Hall–Kier alpha value is -1.17. The molecule has 1 aliphatic carbocycles. The summed E-state index contributed by atoms with van der Waals surface area (Å²) in [4.78, 5) is 2.20. The number of hydrogen-bond donors (Lipinski definition) is 2. The molecule has 23 heavy (non-hydrogen) atoms. The maximum Gasteiger partial charge on any atom is 0.165 e. The second-order valence-electron chi connectivity index (χ2n) is 6.89. The standard InChI is InChI=1S/C18H27FN2O2/c1-2-4-12-10-17(12)23-16-6-5-13(9-14(16)19)18(22)15(20)11-21-7-3-8-21/h5-6,9,12,15,17-18,22H,2-4,7-8,10-11,20H2,1H3/t12?,15-,17?,18-/m1/s1. The van der Waals surface area contributed by atoms with Crippen LogP contribution in [0, 0.1) is 11.7 Å². The van der Waals surface area contributed by atoms with Crippen molar-refractivity contribution in [1.29, 1.82) is 0 Å². The summed E-state index contributed by atoms with van der Waals surface area (Å²) in [5.74, 6) is 0.426. The number of ether oxygens (including phenoxy) is 1. The molecule has 128 valence electrons. The maximum atomic E-state index is 14.2. The number of rotatable bonds is 8. The van der Waals surface area contributed by atoms with Gasteiger partial charge in [0, 0.05) is 12.6 Å². The molecule has 3 N–H and O–H groups in total. The summed E-state index contributed by atoms with van der Waals surface area (Å²) >= 11 is 0. The van der Waals surface area contributed by atoms with E-state index >= 15 is 0 Å². The lowest BCUT2D eigenvalue weighted by atomic mass is 10.0. The number of benzene rings is 1. The average molecular weight is 322 g/mol. The van der Waals surface area contributed by atoms with Crippen molar-refractivity contribution in [3.63, 3.8) is 0 Å². The molecule has 1 heterocycles. The van der Waals surface area contributed by atoms with Crippen molar-refractivity contribution in [2.75, 3.05) is 19.6 Å². The van der Waals surface area contributed by atoms with Crippen molar-refractivity contribution in [1.82, 2.24) is 4.90 Å². The van der Waals surface area contributed by atoms with Crippen LogP contribution in [0.2, 0.25) is 0 Å². The van der Waals surface area contributed by atoms with E-state index in [1.54, 1.807) is 12.1 Å². The number of nitrogens with two attached hydrogens (primary N) is 1. The van der Waals surface area contributed by atoms with Gasteiger partial charge in [0.1, 0.15) is 6.10 Å². The molecule has 4 nitrogen and oxygen atoms in total. The Bertz CT molecular complexity index is 536. The summed E-state index contributed by atoms with van der Waals surface area (Å²) in [5.41, 5.74) is 6.56. The van der Waals surface area contributed by atoms with Crippen LogP contribution in [0.25, 0.3) is 0 Å². The molecule has 2 unspecified atom stereocenters. The van der Waals surface area contributed by atoms with Crippen molar-refractivity contribution in [3.05, 3.63) is 29.6 Å². The van der Waals surface area contributed by atoms with Gasteiger partial charge in [-0.1, -0.05) is 19.4 Å². The molecule has 2 fully saturated rings. The van der Waals surface area contributed by atoms with E-state index in [0.717, 1.165) is 32.4 Å². The quantitative estimate of drug-likeness (QED) is 0.772. The number of aliphatic hydroxyl groups excluding tert-OH is 1. The zero-order valence-electron chi connectivity index (χ0n) is 13.7. The molecule has 2 aliphatic rings. The van der Waals surface area contributed by atoms with Gasteiger partial charge in [0.25, 0.3) is 0 Å². The lowest BCUT2D eigenvalue weighted by Crippen LogP contribution is -2.47. The zero-order chi connectivity index (χ0) is 16.4. The first-order valence-corrected chi connectivity index (χ1v) is 8.70. The van der Waals surface area contributed by atoms with E-state index in [-0.39, 0.29) is 11.9 Å². The van der Waals surface area contributed by atoms with Gasteiger partial charge in [0.05, 0.1) is 6.10 Å². The van der Waals surface area contributed by atoms with Gasteiger partial charge in [-0.15, -0.1) is 0 Å².